The third kappa shape index (κ3) is 4.98. The molecule has 6 heteroatoms. The van der Waals surface area contributed by atoms with Crippen LogP contribution in [0.3, 0.4) is 0 Å². The van der Waals surface area contributed by atoms with E-state index < -0.39 is 0 Å². The maximum atomic E-state index is 12.6. The van der Waals surface area contributed by atoms with E-state index in [0.717, 1.165) is 31.5 Å². The number of carbonyl (C=O) groups is 2. The summed E-state index contributed by atoms with van der Waals surface area (Å²) in [4.78, 5) is 28.6. The molecule has 0 aliphatic carbocycles. The third-order valence-electron chi connectivity index (χ3n) is 5.64. The Morgan fingerprint density at radius 3 is 2.58 bits per heavy atom. The zero-order valence-electron chi connectivity index (χ0n) is 15.4. The van der Waals surface area contributed by atoms with E-state index in [2.05, 4.69) is 12.2 Å². The summed E-state index contributed by atoms with van der Waals surface area (Å²) in [7, 11) is 0. The van der Waals surface area contributed by atoms with Crippen LogP contribution in [-0.2, 0) is 16.1 Å². The number of nitrogens with one attached hydrogen (secondary N) is 1. The number of piperidine rings is 1. The lowest BCUT2D eigenvalue weighted by atomic mass is 9.84. The van der Waals surface area contributed by atoms with Gasteiger partial charge in [0.25, 0.3) is 0 Å². The van der Waals surface area contributed by atoms with Crippen LogP contribution >= 0.6 is 11.6 Å². The largest absolute Gasteiger partial charge is 0.335 e. The van der Waals surface area contributed by atoms with Gasteiger partial charge in [0.1, 0.15) is 0 Å². The average molecular weight is 378 g/mol. The fraction of sp³-hybridized carbons (Fsp3) is 0.600. The van der Waals surface area contributed by atoms with Crippen molar-refractivity contribution in [2.75, 3.05) is 32.7 Å². The second kappa shape index (κ2) is 8.87. The number of benzene rings is 1. The molecule has 1 atom stereocenters. The fourth-order valence-electron chi connectivity index (χ4n) is 3.88. The molecule has 26 heavy (non-hydrogen) atoms. The lowest BCUT2D eigenvalue weighted by molar-refractivity contribution is -0.146. The van der Waals surface area contributed by atoms with Crippen molar-refractivity contribution in [3.8, 4) is 0 Å². The first-order valence-corrected chi connectivity index (χ1v) is 9.91. The number of hydrogen-bond donors (Lipinski definition) is 1. The first kappa shape index (κ1) is 19.2. The minimum atomic E-state index is 0.0223. The Bertz CT molecular complexity index is 628. The quantitative estimate of drug-likeness (QED) is 0.857. The second-order valence-corrected chi connectivity index (χ2v) is 7.96. The van der Waals surface area contributed by atoms with Crippen molar-refractivity contribution in [3.05, 3.63) is 34.9 Å². The summed E-state index contributed by atoms with van der Waals surface area (Å²) in [5.41, 5.74) is 1.06. The van der Waals surface area contributed by atoms with Crippen molar-refractivity contribution in [1.29, 1.82) is 0 Å². The lowest BCUT2D eigenvalue weighted by Crippen LogP contribution is -2.52. The van der Waals surface area contributed by atoms with Gasteiger partial charge in [-0.2, -0.15) is 0 Å². The summed E-state index contributed by atoms with van der Waals surface area (Å²) >= 11 is 5.91. The van der Waals surface area contributed by atoms with E-state index in [1.165, 1.54) is 0 Å². The first-order chi connectivity index (χ1) is 12.5. The summed E-state index contributed by atoms with van der Waals surface area (Å²) in [5, 5.41) is 4.06. The molecule has 2 saturated heterocycles. The Balaban J connectivity index is 1.48. The van der Waals surface area contributed by atoms with Crippen molar-refractivity contribution in [2.24, 2.45) is 11.8 Å². The van der Waals surface area contributed by atoms with E-state index in [1.54, 1.807) is 4.90 Å². The molecule has 0 aromatic heterocycles. The van der Waals surface area contributed by atoms with Crippen LogP contribution in [0.2, 0.25) is 5.02 Å². The molecule has 142 valence electrons. The van der Waals surface area contributed by atoms with Crippen LogP contribution in [-0.4, -0.2) is 54.3 Å². The predicted octanol–water partition coefficient (Wildman–Crippen LogP) is 2.54. The number of rotatable bonds is 5. The highest BCUT2D eigenvalue weighted by molar-refractivity contribution is 6.30. The molecule has 2 aliphatic heterocycles. The van der Waals surface area contributed by atoms with Crippen molar-refractivity contribution in [2.45, 2.75) is 32.7 Å². The summed E-state index contributed by atoms with van der Waals surface area (Å²) in [6, 6.07) is 7.55. The molecule has 1 aromatic carbocycles. The molecule has 1 aromatic rings. The maximum absolute atomic E-state index is 12.6. The summed E-state index contributed by atoms with van der Waals surface area (Å²) < 4.78 is 0. The van der Waals surface area contributed by atoms with Crippen LogP contribution in [0.5, 0.6) is 0 Å². The summed E-state index contributed by atoms with van der Waals surface area (Å²) in [6.07, 6.45) is 2.83. The predicted molar refractivity (Wildman–Crippen MR) is 103 cm³/mol. The number of carbonyl (C=O) groups excluding carboxylic acids is 2. The number of halogens is 1. The highest BCUT2D eigenvalue weighted by Gasteiger charge is 2.29. The molecule has 2 aliphatic rings. The number of nitrogens with zero attached hydrogens (tertiary/aromatic N) is 2. The molecule has 2 heterocycles. The van der Waals surface area contributed by atoms with Gasteiger partial charge in [0.15, 0.2) is 0 Å². The van der Waals surface area contributed by atoms with Gasteiger partial charge in [-0.1, -0.05) is 30.7 Å². The Labute approximate surface area is 160 Å². The average Bonchev–Trinajstić information content (AvgIpc) is 2.65. The first-order valence-electron chi connectivity index (χ1n) is 9.53. The van der Waals surface area contributed by atoms with Gasteiger partial charge in [0, 0.05) is 31.1 Å². The molecule has 3 rings (SSSR count). The Kier molecular flexibility index (Phi) is 6.54. The molecule has 0 bridgehead atoms. The Morgan fingerprint density at radius 1 is 1.23 bits per heavy atom. The van der Waals surface area contributed by atoms with Crippen LogP contribution in [0, 0.1) is 11.8 Å². The molecule has 0 saturated carbocycles. The minimum absolute atomic E-state index is 0.0223. The monoisotopic (exact) mass is 377 g/mol. The van der Waals surface area contributed by atoms with E-state index in [9.17, 15) is 9.59 Å². The SMILES string of the molecule is CC(CC(=O)N1CCN(Cc2ccc(Cl)cc2)C(=O)C1)C1CCNCC1. The number of hydrogen-bond acceptors (Lipinski definition) is 3. The van der Waals surface area contributed by atoms with Crippen LogP contribution in [0.4, 0.5) is 0 Å². The highest BCUT2D eigenvalue weighted by atomic mass is 35.5. The van der Waals surface area contributed by atoms with Crippen LogP contribution in [0.1, 0.15) is 31.7 Å². The standard InChI is InChI=1S/C20H28ClN3O2/c1-15(17-6-8-22-9-7-17)12-19(25)24-11-10-23(20(26)14-24)13-16-2-4-18(21)5-3-16/h2-5,15,17,22H,6-14H2,1H3. The zero-order chi connectivity index (χ0) is 18.5. The smallest absolute Gasteiger partial charge is 0.242 e. The van der Waals surface area contributed by atoms with Crippen molar-refractivity contribution in [3.63, 3.8) is 0 Å². The van der Waals surface area contributed by atoms with E-state index in [-0.39, 0.29) is 18.4 Å². The van der Waals surface area contributed by atoms with Crippen LogP contribution in [0.25, 0.3) is 0 Å². The van der Waals surface area contributed by atoms with Crippen molar-refractivity contribution in [1.82, 2.24) is 15.1 Å². The molecule has 1 N–H and O–H groups in total. The van der Waals surface area contributed by atoms with Crippen LogP contribution in [0.15, 0.2) is 24.3 Å². The number of amides is 2. The Hall–Kier alpha value is -1.59. The topological polar surface area (TPSA) is 52.7 Å². The van der Waals surface area contributed by atoms with E-state index in [0.29, 0.717) is 42.9 Å². The zero-order valence-corrected chi connectivity index (χ0v) is 16.2. The van der Waals surface area contributed by atoms with Gasteiger partial charge in [-0.05, 0) is 55.5 Å². The highest BCUT2D eigenvalue weighted by Crippen LogP contribution is 2.25. The number of piperazine rings is 1. The minimum Gasteiger partial charge on any atom is -0.335 e. The molecule has 5 nitrogen and oxygen atoms in total. The van der Waals surface area contributed by atoms with E-state index in [4.69, 9.17) is 11.6 Å². The van der Waals surface area contributed by atoms with Gasteiger partial charge < -0.3 is 15.1 Å². The van der Waals surface area contributed by atoms with Crippen molar-refractivity contribution >= 4 is 23.4 Å². The molecule has 1 unspecified atom stereocenters. The summed E-state index contributed by atoms with van der Waals surface area (Å²) in [5.74, 6) is 1.14. The fourth-order valence-corrected chi connectivity index (χ4v) is 4.01. The lowest BCUT2D eigenvalue weighted by Gasteiger charge is -2.36. The van der Waals surface area contributed by atoms with Gasteiger partial charge in [-0.25, -0.2) is 0 Å². The van der Waals surface area contributed by atoms with E-state index >= 15 is 0 Å². The van der Waals surface area contributed by atoms with E-state index in [1.807, 2.05) is 29.2 Å². The molecule has 2 fully saturated rings. The van der Waals surface area contributed by atoms with Crippen molar-refractivity contribution < 1.29 is 9.59 Å². The summed E-state index contributed by atoms with van der Waals surface area (Å²) in [6.45, 7) is 6.25. The van der Waals surface area contributed by atoms with Gasteiger partial charge >= 0.3 is 0 Å². The molecular formula is C20H28ClN3O2. The third-order valence-corrected chi connectivity index (χ3v) is 5.90. The van der Waals surface area contributed by atoms with Crippen LogP contribution < -0.4 is 5.32 Å². The molecule has 0 radical (unpaired) electrons. The molecular weight excluding hydrogens is 350 g/mol. The van der Waals surface area contributed by atoms with Gasteiger partial charge in [0.2, 0.25) is 11.8 Å². The second-order valence-electron chi connectivity index (χ2n) is 7.53. The van der Waals surface area contributed by atoms with Gasteiger partial charge in [-0.3, -0.25) is 9.59 Å². The van der Waals surface area contributed by atoms with Gasteiger partial charge in [0.05, 0.1) is 6.54 Å². The van der Waals surface area contributed by atoms with Gasteiger partial charge in [-0.15, -0.1) is 0 Å². The Morgan fingerprint density at radius 2 is 1.92 bits per heavy atom. The molecule has 0 spiro atoms. The molecule has 2 amide bonds. The maximum Gasteiger partial charge on any atom is 0.242 e. The normalized spacial score (nSPS) is 20.3.